The van der Waals surface area contributed by atoms with E-state index >= 15 is 0 Å². The Labute approximate surface area is 118 Å². The highest BCUT2D eigenvalue weighted by Crippen LogP contribution is 2.30. The predicted molar refractivity (Wildman–Crippen MR) is 70.9 cm³/mol. The maximum Gasteiger partial charge on any atom is 0.337 e. The molecule has 0 saturated carbocycles. The van der Waals surface area contributed by atoms with Gasteiger partial charge in [0.05, 0.1) is 35.9 Å². The SMILES string of the molecule is COc1cc(Oc2cncc(C(=O)O)c2)cc([N+](=O)[O-])c1. The van der Waals surface area contributed by atoms with E-state index in [1.165, 1.54) is 43.8 Å². The van der Waals surface area contributed by atoms with E-state index in [0.717, 1.165) is 0 Å². The number of hydrogen-bond acceptors (Lipinski definition) is 6. The number of hydrogen-bond donors (Lipinski definition) is 1. The van der Waals surface area contributed by atoms with Crippen LogP contribution in [0.5, 0.6) is 17.2 Å². The van der Waals surface area contributed by atoms with Crippen LogP contribution >= 0.6 is 0 Å². The molecule has 0 aliphatic heterocycles. The van der Waals surface area contributed by atoms with Crippen molar-refractivity contribution >= 4 is 11.7 Å². The number of aromatic nitrogens is 1. The normalized spacial score (nSPS) is 9.95. The Morgan fingerprint density at radius 3 is 2.52 bits per heavy atom. The first-order chi connectivity index (χ1) is 9.99. The van der Waals surface area contributed by atoms with Gasteiger partial charge in [-0.25, -0.2) is 4.79 Å². The third-order valence-corrected chi connectivity index (χ3v) is 2.51. The van der Waals surface area contributed by atoms with Gasteiger partial charge in [0, 0.05) is 12.3 Å². The molecule has 8 nitrogen and oxygen atoms in total. The van der Waals surface area contributed by atoms with Crippen LogP contribution in [-0.2, 0) is 0 Å². The lowest BCUT2D eigenvalue weighted by Gasteiger charge is -2.07. The molecule has 0 aliphatic carbocycles. The van der Waals surface area contributed by atoms with Crippen LogP contribution < -0.4 is 9.47 Å². The van der Waals surface area contributed by atoms with Crippen molar-refractivity contribution in [2.24, 2.45) is 0 Å². The van der Waals surface area contributed by atoms with E-state index in [4.69, 9.17) is 14.6 Å². The molecule has 0 radical (unpaired) electrons. The molecule has 1 aromatic carbocycles. The molecule has 0 amide bonds. The van der Waals surface area contributed by atoms with E-state index in [0.29, 0.717) is 0 Å². The lowest BCUT2D eigenvalue weighted by Crippen LogP contribution is -1.98. The zero-order valence-corrected chi connectivity index (χ0v) is 10.8. The Bertz CT molecular complexity index is 701. The number of ether oxygens (including phenoxy) is 2. The van der Waals surface area contributed by atoms with Gasteiger partial charge in [-0.1, -0.05) is 0 Å². The van der Waals surface area contributed by atoms with E-state index in [1.807, 2.05) is 0 Å². The van der Waals surface area contributed by atoms with E-state index in [9.17, 15) is 14.9 Å². The van der Waals surface area contributed by atoms with Crippen molar-refractivity contribution in [3.05, 3.63) is 52.3 Å². The van der Waals surface area contributed by atoms with Gasteiger partial charge in [-0.2, -0.15) is 0 Å². The molecule has 0 spiro atoms. The molecule has 0 unspecified atom stereocenters. The Morgan fingerprint density at radius 2 is 1.90 bits per heavy atom. The van der Waals surface area contributed by atoms with Gasteiger partial charge in [0.1, 0.15) is 17.2 Å². The minimum atomic E-state index is -1.15. The van der Waals surface area contributed by atoms with Crippen molar-refractivity contribution in [2.75, 3.05) is 7.11 Å². The van der Waals surface area contributed by atoms with Gasteiger partial charge >= 0.3 is 5.97 Å². The maximum absolute atomic E-state index is 10.8. The van der Waals surface area contributed by atoms with Crippen LogP contribution in [-0.4, -0.2) is 28.1 Å². The molecular weight excluding hydrogens is 280 g/mol. The summed E-state index contributed by atoms with van der Waals surface area (Å²) >= 11 is 0. The molecular formula is C13H10N2O6. The second-order valence-electron chi connectivity index (χ2n) is 3.94. The third-order valence-electron chi connectivity index (χ3n) is 2.51. The molecule has 1 N–H and O–H groups in total. The highest BCUT2D eigenvalue weighted by atomic mass is 16.6. The summed E-state index contributed by atoms with van der Waals surface area (Å²) in [7, 11) is 1.37. The highest BCUT2D eigenvalue weighted by molar-refractivity contribution is 5.87. The minimum absolute atomic E-state index is 0.0510. The number of rotatable bonds is 5. The summed E-state index contributed by atoms with van der Waals surface area (Å²) in [5, 5.41) is 19.7. The molecule has 0 atom stereocenters. The topological polar surface area (TPSA) is 112 Å². The molecule has 0 aliphatic rings. The smallest absolute Gasteiger partial charge is 0.337 e. The summed E-state index contributed by atoms with van der Waals surface area (Å²) in [6.07, 6.45) is 2.47. The van der Waals surface area contributed by atoms with Gasteiger partial charge in [-0.05, 0) is 6.07 Å². The number of nitro groups is 1. The zero-order valence-electron chi connectivity index (χ0n) is 10.8. The molecule has 108 valence electrons. The van der Waals surface area contributed by atoms with E-state index in [1.54, 1.807) is 0 Å². The third kappa shape index (κ3) is 3.44. The monoisotopic (exact) mass is 290 g/mol. The van der Waals surface area contributed by atoms with Crippen LogP contribution in [0.15, 0.2) is 36.7 Å². The lowest BCUT2D eigenvalue weighted by molar-refractivity contribution is -0.385. The standard InChI is InChI=1S/C13H10N2O6/c1-20-10-3-9(15(18)19)4-11(5-10)21-12-2-8(13(16)17)6-14-7-12/h2-7H,1H3,(H,16,17). The molecule has 8 heteroatoms. The van der Waals surface area contributed by atoms with Gasteiger partial charge < -0.3 is 14.6 Å². The first kappa shape index (κ1) is 14.3. The second-order valence-corrected chi connectivity index (χ2v) is 3.94. The summed E-state index contributed by atoms with van der Waals surface area (Å²) in [6, 6.07) is 5.16. The fraction of sp³-hybridized carbons (Fsp3) is 0.0769. The van der Waals surface area contributed by atoms with Gasteiger partial charge in [0.15, 0.2) is 0 Å². The summed E-state index contributed by atoms with van der Waals surface area (Å²) in [5.74, 6) is -0.603. The first-order valence-electron chi connectivity index (χ1n) is 5.69. The molecule has 1 aromatic heterocycles. The van der Waals surface area contributed by atoms with Gasteiger partial charge in [0.25, 0.3) is 5.69 Å². The summed E-state index contributed by atoms with van der Waals surface area (Å²) in [6.45, 7) is 0. The van der Waals surface area contributed by atoms with Crippen molar-refractivity contribution < 1.29 is 24.3 Å². The first-order valence-corrected chi connectivity index (χ1v) is 5.69. The van der Waals surface area contributed by atoms with Crippen LogP contribution in [0.1, 0.15) is 10.4 Å². The molecule has 2 aromatic rings. The largest absolute Gasteiger partial charge is 0.496 e. The van der Waals surface area contributed by atoms with Gasteiger partial charge in [-0.15, -0.1) is 0 Å². The van der Waals surface area contributed by atoms with Crippen molar-refractivity contribution in [3.8, 4) is 17.2 Å². The molecule has 1 heterocycles. The van der Waals surface area contributed by atoms with Crippen molar-refractivity contribution in [3.63, 3.8) is 0 Å². The molecule has 0 fully saturated rings. The van der Waals surface area contributed by atoms with Gasteiger partial charge in [-0.3, -0.25) is 15.1 Å². The minimum Gasteiger partial charge on any atom is -0.496 e. The summed E-state index contributed by atoms with van der Waals surface area (Å²) in [4.78, 5) is 24.8. The quantitative estimate of drug-likeness (QED) is 0.664. The number of carbonyl (C=O) groups is 1. The van der Waals surface area contributed by atoms with Crippen LogP contribution in [0.25, 0.3) is 0 Å². The Hall–Kier alpha value is -3.16. The number of carboxylic acids is 1. The van der Waals surface area contributed by atoms with Crippen molar-refractivity contribution in [1.82, 2.24) is 4.98 Å². The van der Waals surface area contributed by atoms with E-state index < -0.39 is 10.9 Å². The number of carboxylic acid groups (broad SMARTS) is 1. The number of nitrogens with zero attached hydrogens (tertiary/aromatic N) is 2. The van der Waals surface area contributed by atoms with Crippen LogP contribution in [0.2, 0.25) is 0 Å². The Kier molecular flexibility index (Phi) is 3.98. The van der Waals surface area contributed by atoms with Crippen LogP contribution in [0, 0.1) is 10.1 Å². The van der Waals surface area contributed by atoms with Gasteiger partial charge in [0.2, 0.25) is 0 Å². The average Bonchev–Trinajstić information content (AvgIpc) is 2.47. The number of nitro benzene ring substituents is 1. The maximum atomic E-state index is 10.8. The van der Waals surface area contributed by atoms with E-state index in [-0.39, 0.29) is 28.5 Å². The Morgan fingerprint density at radius 1 is 1.19 bits per heavy atom. The van der Waals surface area contributed by atoms with Crippen LogP contribution in [0.3, 0.4) is 0 Å². The molecule has 0 bridgehead atoms. The molecule has 2 rings (SSSR count). The fourth-order valence-electron chi connectivity index (χ4n) is 1.57. The molecule has 21 heavy (non-hydrogen) atoms. The number of methoxy groups -OCH3 is 1. The van der Waals surface area contributed by atoms with Crippen molar-refractivity contribution in [2.45, 2.75) is 0 Å². The lowest BCUT2D eigenvalue weighted by atomic mass is 10.2. The fourth-order valence-corrected chi connectivity index (χ4v) is 1.57. The zero-order chi connectivity index (χ0) is 15.4. The number of non-ortho nitro benzene ring substituents is 1. The number of pyridine rings is 1. The second kappa shape index (κ2) is 5.87. The van der Waals surface area contributed by atoms with Crippen LogP contribution in [0.4, 0.5) is 5.69 Å². The Balaban J connectivity index is 2.34. The predicted octanol–water partition coefficient (Wildman–Crippen LogP) is 2.49. The number of aromatic carboxylic acids is 1. The average molecular weight is 290 g/mol. The summed E-state index contributed by atoms with van der Waals surface area (Å²) in [5.41, 5.74) is -0.253. The highest BCUT2D eigenvalue weighted by Gasteiger charge is 2.12. The van der Waals surface area contributed by atoms with Crippen molar-refractivity contribution in [1.29, 1.82) is 0 Å². The van der Waals surface area contributed by atoms with E-state index in [2.05, 4.69) is 4.98 Å². The molecule has 0 saturated heterocycles. The number of benzene rings is 1. The summed E-state index contributed by atoms with van der Waals surface area (Å²) < 4.78 is 10.3.